The fourth-order valence-electron chi connectivity index (χ4n) is 2.69. The lowest BCUT2D eigenvalue weighted by Gasteiger charge is -2.44. The van der Waals surface area contributed by atoms with E-state index >= 15 is 0 Å². The molecule has 1 N–H and O–H groups in total. The van der Waals surface area contributed by atoms with Crippen LogP contribution in [0.2, 0.25) is 0 Å². The van der Waals surface area contributed by atoms with E-state index in [0.29, 0.717) is 4.90 Å². The van der Waals surface area contributed by atoms with Crippen LogP contribution in [0.3, 0.4) is 0 Å². The lowest BCUT2D eigenvalue weighted by Crippen LogP contribution is -2.71. The van der Waals surface area contributed by atoms with Crippen molar-refractivity contribution in [2.24, 2.45) is 5.92 Å². The molecule has 2 aliphatic rings. The van der Waals surface area contributed by atoms with Gasteiger partial charge in [0.2, 0.25) is 11.8 Å². The maximum absolute atomic E-state index is 12.6. The Balaban J connectivity index is 2.28. The van der Waals surface area contributed by atoms with Gasteiger partial charge in [-0.3, -0.25) is 9.59 Å². The minimum absolute atomic E-state index is 0.0440. The Morgan fingerprint density at radius 1 is 1.37 bits per heavy atom. The van der Waals surface area contributed by atoms with Crippen LogP contribution < -0.4 is 5.32 Å². The first-order valence-corrected chi connectivity index (χ1v) is 6.39. The summed E-state index contributed by atoms with van der Waals surface area (Å²) in [7, 11) is 0. The van der Waals surface area contributed by atoms with Crippen LogP contribution in [0.15, 0.2) is 0 Å². The number of hydrogen-bond donors (Lipinski definition) is 1. The number of alkyl halides is 3. The van der Waals surface area contributed by atoms with Gasteiger partial charge in [-0.1, -0.05) is 6.92 Å². The second-order valence-electron chi connectivity index (χ2n) is 5.44. The second-order valence-corrected chi connectivity index (χ2v) is 5.44. The van der Waals surface area contributed by atoms with Gasteiger partial charge in [-0.25, -0.2) is 0 Å². The van der Waals surface area contributed by atoms with E-state index in [-0.39, 0.29) is 12.3 Å². The first-order chi connectivity index (χ1) is 8.69. The monoisotopic (exact) mass is 278 g/mol. The minimum atomic E-state index is -4.49. The van der Waals surface area contributed by atoms with Gasteiger partial charge < -0.3 is 10.2 Å². The summed E-state index contributed by atoms with van der Waals surface area (Å²) in [5.41, 5.74) is -1.17. The number of amides is 2. The van der Waals surface area contributed by atoms with E-state index in [9.17, 15) is 22.8 Å². The Labute approximate surface area is 109 Å². The van der Waals surface area contributed by atoms with Gasteiger partial charge in [0.05, 0.1) is 0 Å². The van der Waals surface area contributed by atoms with Crippen LogP contribution in [-0.2, 0) is 9.59 Å². The molecule has 2 atom stereocenters. The maximum atomic E-state index is 12.6. The third kappa shape index (κ3) is 2.55. The molecule has 0 bridgehead atoms. The highest BCUT2D eigenvalue weighted by Gasteiger charge is 2.56. The van der Waals surface area contributed by atoms with E-state index in [4.69, 9.17) is 0 Å². The van der Waals surface area contributed by atoms with Gasteiger partial charge in [0.15, 0.2) is 0 Å². The molecule has 0 aromatic heterocycles. The van der Waals surface area contributed by atoms with E-state index in [1.807, 2.05) is 0 Å². The van der Waals surface area contributed by atoms with E-state index in [1.165, 1.54) is 6.92 Å². The number of carbonyl (C=O) groups is 2. The molecule has 2 fully saturated rings. The summed E-state index contributed by atoms with van der Waals surface area (Å²) in [6.45, 7) is 1.76. The fraction of sp³-hybridized carbons (Fsp3) is 0.833. The maximum Gasteiger partial charge on any atom is 0.406 e. The van der Waals surface area contributed by atoms with Crippen molar-refractivity contribution in [3.8, 4) is 0 Å². The molecule has 1 aliphatic heterocycles. The van der Waals surface area contributed by atoms with Crippen LogP contribution >= 0.6 is 0 Å². The SMILES string of the molecule is CCC1C(=O)NC(C)(C2CC2)C(=O)N1CC(F)(F)F. The summed E-state index contributed by atoms with van der Waals surface area (Å²) in [6, 6.07) is -1.03. The highest BCUT2D eigenvalue weighted by molar-refractivity contribution is 6.00. The molecule has 0 spiro atoms. The molecule has 108 valence electrons. The van der Waals surface area contributed by atoms with Gasteiger partial charge in [-0.15, -0.1) is 0 Å². The van der Waals surface area contributed by atoms with Crippen molar-refractivity contribution in [2.45, 2.75) is 50.9 Å². The molecule has 0 radical (unpaired) electrons. The Morgan fingerprint density at radius 2 is 1.95 bits per heavy atom. The number of carbonyl (C=O) groups excluding carboxylic acids is 2. The Morgan fingerprint density at radius 3 is 2.37 bits per heavy atom. The molecule has 0 aromatic carbocycles. The van der Waals surface area contributed by atoms with Gasteiger partial charge in [0.1, 0.15) is 18.1 Å². The predicted octanol–water partition coefficient (Wildman–Crippen LogP) is 1.45. The van der Waals surface area contributed by atoms with E-state index in [2.05, 4.69) is 5.32 Å². The first-order valence-electron chi connectivity index (χ1n) is 6.39. The van der Waals surface area contributed by atoms with Gasteiger partial charge in [0.25, 0.3) is 0 Å². The third-order valence-corrected chi connectivity index (χ3v) is 3.90. The molecular weight excluding hydrogens is 261 g/mol. The Bertz CT molecular complexity index is 406. The van der Waals surface area contributed by atoms with Crippen molar-refractivity contribution >= 4 is 11.8 Å². The zero-order valence-corrected chi connectivity index (χ0v) is 10.9. The minimum Gasteiger partial charge on any atom is -0.340 e. The van der Waals surface area contributed by atoms with Gasteiger partial charge in [-0.2, -0.15) is 13.2 Å². The van der Waals surface area contributed by atoms with Crippen molar-refractivity contribution in [1.29, 1.82) is 0 Å². The molecule has 2 unspecified atom stereocenters. The Kier molecular flexibility index (Phi) is 3.26. The average Bonchev–Trinajstić information content (AvgIpc) is 3.08. The Hall–Kier alpha value is -1.27. The normalized spacial score (nSPS) is 32.5. The van der Waals surface area contributed by atoms with Gasteiger partial charge in [-0.05, 0) is 32.1 Å². The molecular formula is C12H17F3N2O2. The highest BCUT2D eigenvalue weighted by atomic mass is 19.4. The zero-order chi connectivity index (χ0) is 14.4. The number of halogens is 3. The van der Waals surface area contributed by atoms with E-state index in [1.54, 1.807) is 6.92 Å². The molecule has 1 saturated carbocycles. The van der Waals surface area contributed by atoms with Crippen LogP contribution in [0.25, 0.3) is 0 Å². The van der Waals surface area contributed by atoms with Crippen LogP contribution in [0.1, 0.15) is 33.1 Å². The number of nitrogens with one attached hydrogen (secondary N) is 1. The fourth-order valence-corrected chi connectivity index (χ4v) is 2.69. The average molecular weight is 278 g/mol. The summed E-state index contributed by atoms with van der Waals surface area (Å²) in [4.78, 5) is 25.0. The van der Waals surface area contributed by atoms with Crippen molar-refractivity contribution in [2.75, 3.05) is 6.54 Å². The summed E-state index contributed by atoms with van der Waals surface area (Å²) in [5.74, 6) is -1.14. The second kappa shape index (κ2) is 4.38. The lowest BCUT2D eigenvalue weighted by molar-refractivity contribution is -0.178. The van der Waals surface area contributed by atoms with Crippen LogP contribution in [0, 0.1) is 5.92 Å². The molecule has 2 rings (SSSR count). The van der Waals surface area contributed by atoms with Crippen LogP contribution in [0.4, 0.5) is 13.2 Å². The van der Waals surface area contributed by atoms with Crippen LogP contribution in [-0.4, -0.2) is 41.0 Å². The molecule has 4 nitrogen and oxygen atoms in total. The van der Waals surface area contributed by atoms with Crippen molar-refractivity contribution in [3.63, 3.8) is 0 Å². The van der Waals surface area contributed by atoms with Crippen molar-refractivity contribution < 1.29 is 22.8 Å². The number of rotatable bonds is 3. The molecule has 19 heavy (non-hydrogen) atoms. The van der Waals surface area contributed by atoms with Crippen molar-refractivity contribution in [3.05, 3.63) is 0 Å². The predicted molar refractivity (Wildman–Crippen MR) is 61.1 cm³/mol. The summed E-state index contributed by atoms with van der Waals surface area (Å²) in [5, 5.41) is 2.62. The number of hydrogen-bond acceptors (Lipinski definition) is 2. The van der Waals surface area contributed by atoms with E-state index in [0.717, 1.165) is 12.8 Å². The van der Waals surface area contributed by atoms with Crippen LogP contribution in [0.5, 0.6) is 0 Å². The van der Waals surface area contributed by atoms with Crippen molar-refractivity contribution in [1.82, 2.24) is 10.2 Å². The topological polar surface area (TPSA) is 49.4 Å². The largest absolute Gasteiger partial charge is 0.406 e. The summed E-state index contributed by atoms with van der Waals surface area (Å²) < 4.78 is 37.8. The van der Waals surface area contributed by atoms with Gasteiger partial charge in [0, 0.05) is 0 Å². The zero-order valence-electron chi connectivity index (χ0n) is 10.9. The third-order valence-electron chi connectivity index (χ3n) is 3.90. The smallest absolute Gasteiger partial charge is 0.340 e. The summed E-state index contributed by atoms with van der Waals surface area (Å²) in [6.07, 6.45) is -2.79. The molecule has 1 saturated heterocycles. The lowest BCUT2D eigenvalue weighted by atomic mass is 9.89. The molecule has 0 aromatic rings. The molecule has 1 heterocycles. The quantitative estimate of drug-likeness (QED) is 0.849. The molecule has 7 heteroatoms. The highest BCUT2D eigenvalue weighted by Crippen LogP contribution is 2.42. The summed E-state index contributed by atoms with van der Waals surface area (Å²) >= 11 is 0. The number of piperazine rings is 1. The standard InChI is InChI=1S/C12H17F3N2O2/c1-3-8-9(18)16-11(2,7-4-5-7)10(19)17(8)6-12(13,14)15/h7-8H,3-6H2,1-2H3,(H,16,18). The molecule has 2 amide bonds. The first kappa shape index (κ1) is 14.1. The van der Waals surface area contributed by atoms with E-state index < -0.39 is 36.1 Å². The molecule has 1 aliphatic carbocycles. The number of nitrogens with zero attached hydrogens (tertiary/aromatic N) is 1. The van der Waals surface area contributed by atoms with Gasteiger partial charge >= 0.3 is 6.18 Å².